The molecule has 1 aliphatic rings. The number of halogens is 1. The van der Waals surface area contributed by atoms with Crippen LogP contribution < -0.4 is 10.0 Å². The molecule has 20 heavy (non-hydrogen) atoms. The number of anilines is 2. The van der Waals surface area contributed by atoms with Crippen molar-refractivity contribution in [2.45, 2.75) is 39.2 Å². The Morgan fingerprint density at radius 2 is 2.05 bits per heavy atom. The smallest absolute Gasteiger partial charge is 0.229 e. The summed E-state index contributed by atoms with van der Waals surface area (Å²) in [7, 11) is -3.27. The molecule has 4 nitrogen and oxygen atoms in total. The van der Waals surface area contributed by atoms with Gasteiger partial charge in [0, 0.05) is 6.04 Å². The minimum atomic E-state index is -3.27. The van der Waals surface area contributed by atoms with E-state index in [1.54, 1.807) is 18.2 Å². The van der Waals surface area contributed by atoms with Gasteiger partial charge in [0.05, 0.1) is 22.7 Å². The van der Waals surface area contributed by atoms with Gasteiger partial charge in [-0.2, -0.15) is 0 Å². The maximum atomic E-state index is 11.3. The largest absolute Gasteiger partial charge is 0.381 e. The standard InChI is InChI=1S/C14H21ClN2O2S/c1-14(2)7-6-11(9-14)16-13-8-10(4-5-12(13)15)17-20(3,18)19/h4-5,8,11,16-17H,6-7,9H2,1-3H3. The van der Waals surface area contributed by atoms with Gasteiger partial charge in [-0.05, 0) is 42.9 Å². The Balaban J connectivity index is 2.13. The zero-order valence-electron chi connectivity index (χ0n) is 12.0. The summed E-state index contributed by atoms with van der Waals surface area (Å²) in [6, 6.07) is 5.50. The molecule has 112 valence electrons. The van der Waals surface area contributed by atoms with Crippen molar-refractivity contribution >= 4 is 33.0 Å². The lowest BCUT2D eigenvalue weighted by molar-refractivity contribution is 0.378. The fraction of sp³-hybridized carbons (Fsp3) is 0.571. The van der Waals surface area contributed by atoms with Crippen LogP contribution in [0.15, 0.2) is 18.2 Å². The van der Waals surface area contributed by atoms with Crippen LogP contribution in [0.4, 0.5) is 11.4 Å². The van der Waals surface area contributed by atoms with Gasteiger partial charge in [-0.25, -0.2) is 8.42 Å². The Bertz CT molecular complexity index is 599. The third-order valence-electron chi connectivity index (χ3n) is 3.60. The second-order valence-corrected chi connectivity index (χ2v) is 8.47. The summed E-state index contributed by atoms with van der Waals surface area (Å²) in [6.07, 6.45) is 4.51. The second-order valence-electron chi connectivity index (χ2n) is 6.32. The highest BCUT2D eigenvalue weighted by atomic mass is 35.5. The molecule has 1 aromatic carbocycles. The predicted octanol–water partition coefficient (Wildman–Crippen LogP) is 3.70. The molecule has 0 aliphatic heterocycles. The molecule has 0 aromatic heterocycles. The monoisotopic (exact) mass is 316 g/mol. The molecule has 2 N–H and O–H groups in total. The molecule has 1 saturated carbocycles. The zero-order chi connectivity index (χ0) is 15.0. The SMILES string of the molecule is CC1(C)CCC(Nc2cc(NS(C)(=O)=O)ccc2Cl)C1. The average molecular weight is 317 g/mol. The molecule has 0 saturated heterocycles. The van der Waals surface area contributed by atoms with E-state index >= 15 is 0 Å². The topological polar surface area (TPSA) is 58.2 Å². The summed E-state index contributed by atoms with van der Waals surface area (Å²) in [5.41, 5.74) is 1.66. The Kier molecular flexibility index (Phi) is 4.21. The van der Waals surface area contributed by atoms with Crippen LogP contribution in [0.3, 0.4) is 0 Å². The Hall–Kier alpha value is -0.940. The van der Waals surface area contributed by atoms with E-state index in [1.165, 1.54) is 6.42 Å². The number of hydrogen-bond donors (Lipinski definition) is 2. The van der Waals surface area contributed by atoms with Crippen LogP contribution in [0.2, 0.25) is 5.02 Å². The van der Waals surface area contributed by atoms with E-state index in [1.807, 2.05) is 0 Å². The van der Waals surface area contributed by atoms with E-state index in [9.17, 15) is 8.42 Å². The minimum Gasteiger partial charge on any atom is -0.381 e. The van der Waals surface area contributed by atoms with E-state index in [2.05, 4.69) is 23.9 Å². The summed E-state index contributed by atoms with van der Waals surface area (Å²) >= 11 is 6.18. The second kappa shape index (κ2) is 5.45. The Morgan fingerprint density at radius 1 is 1.35 bits per heavy atom. The number of rotatable bonds is 4. The molecule has 1 unspecified atom stereocenters. The van der Waals surface area contributed by atoms with Crippen molar-refractivity contribution in [2.75, 3.05) is 16.3 Å². The first kappa shape index (κ1) is 15.4. The molecule has 0 bridgehead atoms. The number of hydrogen-bond acceptors (Lipinski definition) is 3. The maximum absolute atomic E-state index is 11.3. The fourth-order valence-corrected chi connectivity index (χ4v) is 3.42. The normalized spacial score (nSPS) is 21.7. The van der Waals surface area contributed by atoms with Crippen molar-refractivity contribution in [1.82, 2.24) is 0 Å². The molecular weight excluding hydrogens is 296 g/mol. The van der Waals surface area contributed by atoms with Crippen LogP contribution in [0.25, 0.3) is 0 Å². The number of nitrogens with one attached hydrogen (secondary N) is 2. The van der Waals surface area contributed by atoms with Crippen molar-refractivity contribution in [3.63, 3.8) is 0 Å². The van der Waals surface area contributed by atoms with Gasteiger partial charge < -0.3 is 5.32 Å². The Labute approximate surface area is 126 Å². The summed E-state index contributed by atoms with van der Waals surface area (Å²) in [6.45, 7) is 4.52. The van der Waals surface area contributed by atoms with Crippen molar-refractivity contribution in [3.05, 3.63) is 23.2 Å². The summed E-state index contributed by atoms with van der Waals surface area (Å²) in [5.74, 6) is 0. The van der Waals surface area contributed by atoms with Crippen LogP contribution >= 0.6 is 11.6 Å². The molecule has 1 aromatic rings. The lowest BCUT2D eigenvalue weighted by atomic mass is 9.92. The van der Waals surface area contributed by atoms with Crippen LogP contribution in [0.5, 0.6) is 0 Å². The highest BCUT2D eigenvalue weighted by molar-refractivity contribution is 7.92. The highest BCUT2D eigenvalue weighted by Gasteiger charge is 2.31. The molecule has 0 radical (unpaired) electrons. The molecule has 1 fully saturated rings. The van der Waals surface area contributed by atoms with Crippen LogP contribution in [0.1, 0.15) is 33.1 Å². The molecule has 2 rings (SSSR count). The van der Waals surface area contributed by atoms with Gasteiger partial charge in [0.2, 0.25) is 10.0 Å². The molecule has 0 spiro atoms. The fourth-order valence-electron chi connectivity index (χ4n) is 2.69. The number of benzene rings is 1. The predicted molar refractivity (Wildman–Crippen MR) is 85.0 cm³/mol. The minimum absolute atomic E-state index is 0.354. The van der Waals surface area contributed by atoms with E-state index in [-0.39, 0.29) is 0 Å². The van der Waals surface area contributed by atoms with Gasteiger partial charge in [-0.1, -0.05) is 25.4 Å². The van der Waals surface area contributed by atoms with Gasteiger partial charge in [0.1, 0.15) is 0 Å². The lowest BCUT2D eigenvalue weighted by Gasteiger charge is -2.19. The third-order valence-corrected chi connectivity index (χ3v) is 4.53. The van der Waals surface area contributed by atoms with E-state index < -0.39 is 10.0 Å². The summed E-state index contributed by atoms with van der Waals surface area (Å²) in [5, 5.41) is 4.03. The van der Waals surface area contributed by atoms with E-state index in [0.717, 1.165) is 24.8 Å². The van der Waals surface area contributed by atoms with Gasteiger partial charge in [0.25, 0.3) is 0 Å². The van der Waals surface area contributed by atoms with Crippen molar-refractivity contribution in [2.24, 2.45) is 5.41 Å². The zero-order valence-corrected chi connectivity index (χ0v) is 13.6. The quantitative estimate of drug-likeness (QED) is 0.890. The Morgan fingerprint density at radius 3 is 2.60 bits per heavy atom. The molecule has 0 amide bonds. The van der Waals surface area contributed by atoms with Gasteiger partial charge in [-0.15, -0.1) is 0 Å². The van der Waals surface area contributed by atoms with Crippen molar-refractivity contribution in [1.29, 1.82) is 0 Å². The van der Waals surface area contributed by atoms with Crippen molar-refractivity contribution < 1.29 is 8.42 Å². The first-order valence-corrected chi connectivity index (χ1v) is 8.95. The summed E-state index contributed by atoms with van der Waals surface area (Å²) < 4.78 is 25.0. The van der Waals surface area contributed by atoms with E-state index in [4.69, 9.17) is 11.6 Å². The molecular formula is C14H21ClN2O2S. The number of sulfonamides is 1. The first-order chi connectivity index (χ1) is 9.15. The van der Waals surface area contributed by atoms with Gasteiger partial charge >= 0.3 is 0 Å². The molecule has 0 heterocycles. The average Bonchev–Trinajstić information content (AvgIpc) is 2.61. The highest BCUT2D eigenvalue weighted by Crippen LogP contribution is 2.39. The van der Waals surface area contributed by atoms with Crippen LogP contribution in [-0.2, 0) is 10.0 Å². The maximum Gasteiger partial charge on any atom is 0.229 e. The van der Waals surface area contributed by atoms with Crippen LogP contribution in [-0.4, -0.2) is 20.7 Å². The lowest BCUT2D eigenvalue weighted by Crippen LogP contribution is -2.18. The first-order valence-electron chi connectivity index (χ1n) is 6.69. The van der Waals surface area contributed by atoms with Gasteiger partial charge in [-0.3, -0.25) is 4.72 Å². The molecule has 1 aliphatic carbocycles. The van der Waals surface area contributed by atoms with Crippen molar-refractivity contribution in [3.8, 4) is 0 Å². The third kappa shape index (κ3) is 4.28. The van der Waals surface area contributed by atoms with Crippen LogP contribution in [0, 0.1) is 5.41 Å². The van der Waals surface area contributed by atoms with E-state index in [0.29, 0.717) is 22.2 Å². The summed E-state index contributed by atoms with van der Waals surface area (Å²) in [4.78, 5) is 0. The van der Waals surface area contributed by atoms with Gasteiger partial charge in [0.15, 0.2) is 0 Å². The molecule has 6 heteroatoms. The molecule has 1 atom stereocenters.